The molecule has 2 rings (SSSR count). The van der Waals surface area contributed by atoms with Crippen LogP contribution in [0.2, 0.25) is 0 Å². The van der Waals surface area contributed by atoms with Gasteiger partial charge in [-0.15, -0.1) is 0 Å². The van der Waals surface area contributed by atoms with Gasteiger partial charge < -0.3 is 14.8 Å². The van der Waals surface area contributed by atoms with Crippen LogP contribution < -0.4 is 5.56 Å². The van der Waals surface area contributed by atoms with Gasteiger partial charge in [0, 0.05) is 43.9 Å². The van der Waals surface area contributed by atoms with Crippen molar-refractivity contribution in [3.63, 3.8) is 0 Å². The van der Waals surface area contributed by atoms with E-state index in [0.717, 1.165) is 44.0 Å². The lowest BCUT2D eigenvalue weighted by Crippen LogP contribution is -2.51. The van der Waals surface area contributed by atoms with Crippen molar-refractivity contribution in [2.45, 2.75) is 25.8 Å². The van der Waals surface area contributed by atoms with E-state index in [0.29, 0.717) is 6.04 Å². The lowest BCUT2D eigenvalue weighted by Gasteiger charge is -2.37. The summed E-state index contributed by atoms with van der Waals surface area (Å²) in [6.45, 7) is 5.22. The molecule has 2 heterocycles. The number of nitrogens with zero attached hydrogens (tertiary/aromatic N) is 3. The largest absolute Gasteiger partial charge is 0.310 e. The van der Waals surface area contributed by atoms with Gasteiger partial charge in [0.15, 0.2) is 0 Å². The smallest absolute Gasteiger partial charge is 0.251 e. The predicted molar refractivity (Wildman–Crippen MR) is 71.9 cm³/mol. The molecule has 5 nitrogen and oxygen atoms in total. The van der Waals surface area contributed by atoms with Crippen LogP contribution in [0.1, 0.15) is 18.4 Å². The molecule has 0 bridgehead atoms. The molecule has 1 unspecified atom stereocenters. The molecule has 1 atom stereocenters. The van der Waals surface area contributed by atoms with Crippen molar-refractivity contribution in [3.05, 3.63) is 27.9 Å². The number of likely N-dealkylation sites (N-methyl/N-ethyl adjacent to an activating group) is 2. The van der Waals surface area contributed by atoms with Gasteiger partial charge in [-0.25, -0.2) is 4.98 Å². The molecule has 1 fully saturated rings. The molecule has 1 aliphatic rings. The molecule has 0 amide bonds. The zero-order valence-corrected chi connectivity index (χ0v) is 11.4. The average molecular weight is 250 g/mol. The summed E-state index contributed by atoms with van der Waals surface area (Å²) in [7, 11) is 4.28. The molecule has 0 aromatic carbocycles. The number of nitrogens with one attached hydrogen (secondary N) is 1. The highest BCUT2D eigenvalue weighted by molar-refractivity contribution is 5.04. The van der Waals surface area contributed by atoms with Gasteiger partial charge in [-0.2, -0.15) is 0 Å². The summed E-state index contributed by atoms with van der Waals surface area (Å²) in [5, 5.41) is 0. The van der Waals surface area contributed by atoms with Crippen molar-refractivity contribution in [3.8, 4) is 0 Å². The topological polar surface area (TPSA) is 52.2 Å². The quantitative estimate of drug-likeness (QED) is 0.828. The number of rotatable bonds is 3. The Balaban J connectivity index is 2.12. The summed E-state index contributed by atoms with van der Waals surface area (Å²) in [5.74, 6) is 0.812. The molecule has 1 saturated heterocycles. The van der Waals surface area contributed by atoms with E-state index in [9.17, 15) is 4.79 Å². The maximum absolute atomic E-state index is 11.5. The van der Waals surface area contributed by atoms with Crippen LogP contribution in [0.4, 0.5) is 0 Å². The number of hydrogen-bond donors (Lipinski definition) is 1. The Labute approximate surface area is 108 Å². The van der Waals surface area contributed by atoms with Crippen LogP contribution in [0, 0.1) is 0 Å². The Hall–Kier alpha value is -1.20. The highest BCUT2D eigenvalue weighted by Gasteiger charge is 2.23. The molecule has 0 aliphatic carbocycles. The first kappa shape index (κ1) is 13.2. The summed E-state index contributed by atoms with van der Waals surface area (Å²) < 4.78 is 0. The van der Waals surface area contributed by atoms with E-state index in [1.807, 2.05) is 6.92 Å². The lowest BCUT2D eigenvalue weighted by molar-refractivity contribution is 0.113. The van der Waals surface area contributed by atoms with Crippen LogP contribution in [0.5, 0.6) is 0 Å². The second kappa shape index (κ2) is 5.63. The van der Waals surface area contributed by atoms with Crippen molar-refractivity contribution >= 4 is 0 Å². The molecule has 1 aromatic heterocycles. The molecule has 0 spiro atoms. The molecule has 100 valence electrons. The fourth-order valence-corrected chi connectivity index (χ4v) is 2.39. The van der Waals surface area contributed by atoms with Crippen LogP contribution in [0.25, 0.3) is 0 Å². The number of aromatic amines is 1. The summed E-state index contributed by atoms with van der Waals surface area (Å²) in [4.78, 5) is 23.6. The number of piperazine rings is 1. The Bertz CT molecular complexity index is 457. The zero-order valence-electron chi connectivity index (χ0n) is 11.4. The Kier molecular flexibility index (Phi) is 4.14. The number of H-pyrrole nitrogens is 1. The molecule has 5 heteroatoms. The van der Waals surface area contributed by atoms with Crippen molar-refractivity contribution < 1.29 is 0 Å². The standard InChI is InChI=1S/C13H22N4O/c1-4-10-7-13(18)15-12(14-10)8-11-9-16(2)5-6-17(11)3/h7,11H,4-6,8-9H2,1-3H3,(H,14,15,18). The zero-order chi connectivity index (χ0) is 13.1. The predicted octanol–water partition coefficient (Wildman–Crippen LogP) is 0.121. The summed E-state index contributed by atoms with van der Waals surface area (Å²) in [6, 6.07) is 2.01. The Morgan fingerprint density at radius 1 is 1.44 bits per heavy atom. The lowest BCUT2D eigenvalue weighted by atomic mass is 10.1. The van der Waals surface area contributed by atoms with Crippen LogP contribution in [0.15, 0.2) is 10.9 Å². The summed E-state index contributed by atoms with van der Waals surface area (Å²) in [6.07, 6.45) is 1.61. The van der Waals surface area contributed by atoms with Gasteiger partial charge in [-0.1, -0.05) is 6.92 Å². The van der Waals surface area contributed by atoms with Crippen molar-refractivity contribution in [2.24, 2.45) is 0 Å². The average Bonchev–Trinajstić information content (AvgIpc) is 2.33. The number of hydrogen-bond acceptors (Lipinski definition) is 4. The first-order valence-electron chi connectivity index (χ1n) is 6.56. The van der Waals surface area contributed by atoms with Crippen LogP contribution in [0.3, 0.4) is 0 Å². The summed E-state index contributed by atoms with van der Waals surface area (Å²) >= 11 is 0. The Morgan fingerprint density at radius 2 is 2.22 bits per heavy atom. The molecule has 0 radical (unpaired) electrons. The second-order valence-corrected chi connectivity index (χ2v) is 5.14. The van der Waals surface area contributed by atoms with Crippen LogP contribution in [-0.4, -0.2) is 59.5 Å². The molecule has 0 saturated carbocycles. The monoisotopic (exact) mass is 250 g/mol. The fraction of sp³-hybridized carbons (Fsp3) is 0.692. The first-order valence-corrected chi connectivity index (χ1v) is 6.56. The highest BCUT2D eigenvalue weighted by atomic mass is 16.1. The maximum atomic E-state index is 11.5. The van der Waals surface area contributed by atoms with Gasteiger partial charge in [0.2, 0.25) is 0 Å². The summed E-state index contributed by atoms with van der Waals surface area (Å²) in [5.41, 5.74) is 0.837. The van der Waals surface area contributed by atoms with Gasteiger partial charge in [0.1, 0.15) is 5.82 Å². The van der Waals surface area contributed by atoms with E-state index < -0.39 is 0 Å². The minimum absolute atomic E-state index is 0.0383. The van der Waals surface area contributed by atoms with Crippen molar-refractivity contribution in [2.75, 3.05) is 33.7 Å². The van der Waals surface area contributed by atoms with Gasteiger partial charge in [-0.05, 0) is 20.5 Å². The molecule has 1 aliphatic heterocycles. The first-order chi connectivity index (χ1) is 8.58. The molecular formula is C13H22N4O. The third-order valence-corrected chi connectivity index (χ3v) is 3.62. The van der Waals surface area contributed by atoms with E-state index in [-0.39, 0.29) is 5.56 Å². The highest BCUT2D eigenvalue weighted by Crippen LogP contribution is 2.09. The normalized spacial score (nSPS) is 22.3. The van der Waals surface area contributed by atoms with Crippen LogP contribution >= 0.6 is 0 Å². The van der Waals surface area contributed by atoms with E-state index in [2.05, 4.69) is 33.9 Å². The van der Waals surface area contributed by atoms with E-state index in [1.54, 1.807) is 6.07 Å². The van der Waals surface area contributed by atoms with Crippen molar-refractivity contribution in [1.29, 1.82) is 0 Å². The van der Waals surface area contributed by atoms with E-state index >= 15 is 0 Å². The second-order valence-electron chi connectivity index (χ2n) is 5.14. The molecule has 18 heavy (non-hydrogen) atoms. The maximum Gasteiger partial charge on any atom is 0.251 e. The third-order valence-electron chi connectivity index (χ3n) is 3.62. The van der Waals surface area contributed by atoms with E-state index in [1.165, 1.54) is 0 Å². The SMILES string of the molecule is CCc1cc(=O)[nH]c(CC2CN(C)CCN2C)n1. The van der Waals surface area contributed by atoms with Crippen molar-refractivity contribution in [1.82, 2.24) is 19.8 Å². The van der Waals surface area contributed by atoms with E-state index in [4.69, 9.17) is 0 Å². The minimum atomic E-state index is -0.0383. The van der Waals surface area contributed by atoms with Gasteiger partial charge in [0.05, 0.1) is 0 Å². The third kappa shape index (κ3) is 3.17. The molecule has 1 aromatic rings. The fourth-order valence-electron chi connectivity index (χ4n) is 2.39. The van der Waals surface area contributed by atoms with Gasteiger partial charge >= 0.3 is 0 Å². The molecular weight excluding hydrogens is 228 g/mol. The van der Waals surface area contributed by atoms with Crippen LogP contribution in [-0.2, 0) is 12.8 Å². The molecule has 1 N–H and O–H groups in total. The Morgan fingerprint density at radius 3 is 2.94 bits per heavy atom. The van der Waals surface area contributed by atoms with Gasteiger partial charge in [-0.3, -0.25) is 4.79 Å². The number of aryl methyl sites for hydroxylation is 1. The number of aromatic nitrogens is 2. The minimum Gasteiger partial charge on any atom is -0.310 e. The van der Waals surface area contributed by atoms with Gasteiger partial charge in [0.25, 0.3) is 5.56 Å².